The van der Waals surface area contributed by atoms with E-state index in [-0.39, 0.29) is 6.04 Å². The van der Waals surface area contributed by atoms with E-state index in [0.29, 0.717) is 11.5 Å². The first-order valence-corrected chi connectivity index (χ1v) is 6.23. The summed E-state index contributed by atoms with van der Waals surface area (Å²) < 4.78 is 2.04. The average Bonchev–Trinajstić information content (AvgIpc) is 2.69. The Kier molecular flexibility index (Phi) is 3.06. The fourth-order valence-corrected chi connectivity index (χ4v) is 2.74. The minimum atomic E-state index is 0.262. The zero-order chi connectivity index (χ0) is 11.8. The standard InChI is InChI=1S/C13H23N3/c1-13(2,3)10-5-6-11(14)12(9-10)16-8-4-7-15-16/h4,7-8,10-12H,5-6,9,14H2,1-3H3. The highest BCUT2D eigenvalue weighted by Gasteiger charge is 2.35. The quantitative estimate of drug-likeness (QED) is 0.792. The molecule has 1 heterocycles. The molecule has 0 spiro atoms. The summed E-state index contributed by atoms with van der Waals surface area (Å²) in [6.45, 7) is 6.98. The van der Waals surface area contributed by atoms with Crippen LogP contribution in [0, 0.1) is 11.3 Å². The second-order valence-electron chi connectivity index (χ2n) is 6.09. The fourth-order valence-electron chi connectivity index (χ4n) is 2.74. The highest BCUT2D eigenvalue weighted by atomic mass is 15.3. The van der Waals surface area contributed by atoms with Crippen molar-refractivity contribution in [3.05, 3.63) is 18.5 Å². The summed E-state index contributed by atoms with van der Waals surface area (Å²) in [7, 11) is 0. The van der Waals surface area contributed by atoms with Crippen molar-refractivity contribution in [3.8, 4) is 0 Å². The summed E-state index contributed by atoms with van der Waals surface area (Å²) in [6, 6.07) is 2.62. The molecule has 90 valence electrons. The Hall–Kier alpha value is -0.830. The summed E-state index contributed by atoms with van der Waals surface area (Å²) in [6.07, 6.45) is 7.41. The maximum Gasteiger partial charge on any atom is 0.0672 e. The Morgan fingerprint density at radius 1 is 1.31 bits per heavy atom. The molecule has 1 fully saturated rings. The van der Waals surface area contributed by atoms with Crippen LogP contribution in [0.1, 0.15) is 46.1 Å². The van der Waals surface area contributed by atoms with Crippen LogP contribution in [0.4, 0.5) is 0 Å². The van der Waals surface area contributed by atoms with Crippen LogP contribution in [0.15, 0.2) is 18.5 Å². The molecule has 1 saturated carbocycles. The van der Waals surface area contributed by atoms with Gasteiger partial charge in [-0.15, -0.1) is 0 Å². The minimum Gasteiger partial charge on any atom is -0.326 e. The van der Waals surface area contributed by atoms with Crippen molar-refractivity contribution in [3.63, 3.8) is 0 Å². The van der Waals surface area contributed by atoms with Crippen molar-refractivity contribution in [1.29, 1.82) is 0 Å². The van der Waals surface area contributed by atoms with Crippen LogP contribution in [-0.4, -0.2) is 15.8 Å². The first-order chi connectivity index (χ1) is 7.48. The van der Waals surface area contributed by atoms with Crippen LogP contribution < -0.4 is 5.73 Å². The molecule has 0 aromatic carbocycles. The average molecular weight is 221 g/mol. The third-order valence-electron chi connectivity index (χ3n) is 3.96. The van der Waals surface area contributed by atoms with Gasteiger partial charge < -0.3 is 5.73 Å². The maximum absolute atomic E-state index is 6.21. The topological polar surface area (TPSA) is 43.8 Å². The van der Waals surface area contributed by atoms with E-state index in [9.17, 15) is 0 Å². The van der Waals surface area contributed by atoms with E-state index in [1.807, 2.05) is 23.1 Å². The van der Waals surface area contributed by atoms with Crippen molar-refractivity contribution >= 4 is 0 Å². The van der Waals surface area contributed by atoms with Crippen molar-refractivity contribution in [1.82, 2.24) is 9.78 Å². The molecule has 16 heavy (non-hydrogen) atoms. The van der Waals surface area contributed by atoms with Gasteiger partial charge in [-0.3, -0.25) is 4.68 Å². The van der Waals surface area contributed by atoms with Gasteiger partial charge in [0.2, 0.25) is 0 Å². The Morgan fingerprint density at radius 3 is 2.62 bits per heavy atom. The molecule has 0 aliphatic heterocycles. The van der Waals surface area contributed by atoms with Crippen molar-refractivity contribution < 1.29 is 0 Å². The molecule has 2 rings (SSSR count). The van der Waals surface area contributed by atoms with Crippen LogP contribution in [-0.2, 0) is 0 Å². The van der Waals surface area contributed by atoms with Crippen LogP contribution in [0.5, 0.6) is 0 Å². The van der Waals surface area contributed by atoms with Crippen LogP contribution in [0.25, 0.3) is 0 Å². The SMILES string of the molecule is CC(C)(C)C1CCC(N)C(n2cccn2)C1. The van der Waals surface area contributed by atoms with E-state index >= 15 is 0 Å². The number of hydrogen-bond acceptors (Lipinski definition) is 2. The zero-order valence-corrected chi connectivity index (χ0v) is 10.6. The van der Waals surface area contributed by atoms with E-state index < -0.39 is 0 Å². The van der Waals surface area contributed by atoms with Gasteiger partial charge in [-0.2, -0.15) is 5.10 Å². The summed E-state index contributed by atoms with van der Waals surface area (Å²) in [5.41, 5.74) is 6.60. The molecule has 3 unspecified atom stereocenters. The lowest BCUT2D eigenvalue weighted by Crippen LogP contribution is -2.41. The van der Waals surface area contributed by atoms with E-state index in [4.69, 9.17) is 5.73 Å². The van der Waals surface area contributed by atoms with Gasteiger partial charge >= 0.3 is 0 Å². The summed E-state index contributed by atoms with van der Waals surface area (Å²) >= 11 is 0. The minimum absolute atomic E-state index is 0.262. The number of aromatic nitrogens is 2. The van der Waals surface area contributed by atoms with Gasteiger partial charge in [-0.05, 0) is 36.7 Å². The third kappa shape index (κ3) is 2.29. The van der Waals surface area contributed by atoms with Crippen molar-refractivity contribution in [2.24, 2.45) is 17.1 Å². The van der Waals surface area contributed by atoms with Crippen LogP contribution in [0.2, 0.25) is 0 Å². The van der Waals surface area contributed by atoms with Crippen molar-refractivity contribution in [2.45, 2.75) is 52.1 Å². The third-order valence-corrected chi connectivity index (χ3v) is 3.96. The highest BCUT2D eigenvalue weighted by molar-refractivity contribution is 4.92. The molecular formula is C13H23N3. The summed E-state index contributed by atoms with van der Waals surface area (Å²) in [4.78, 5) is 0. The molecule has 2 N–H and O–H groups in total. The second-order valence-corrected chi connectivity index (χ2v) is 6.09. The molecule has 0 radical (unpaired) electrons. The zero-order valence-electron chi connectivity index (χ0n) is 10.6. The Balaban J connectivity index is 2.13. The Morgan fingerprint density at radius 2 is 2.06 bits per heavy atom. The first-order valence-electron chi connectivity index (χ1n) is 6.23. The number of nitrogens with zero attached hydrogens (tertiary/aromatic N) is 2. The van der Waals surface area contributed by atoms with E-state index in [0.717, 1.165) is 18.8 Å². The molecule has 1 aliphatic rings. The first kappa shape index (κ1) is 11.6. The molecule has 0 bridgehead atoms. The van der Waals surface area contributed by atoms with Gasteiger partial charge in [0.1, 0.15) is 0 Å². The normalized spacial score (nSPS) is 31.6. The second kappa shape index (κ2) is 4.21. The lowest BCUT2D eigenvalue weighted by Gasteiger charge is -2.40. The summed E-state index contributed by atoms with van der Waals surface area (Å²) in [5, 5.41) is 4.34. The monoisotopic (exact) mass is 221 g/mol. The van der Waals surface area contributed by atoms with Gasteiger partial charge in [-0.1, -0.05) is 20.8 Å². The van der Waals surface area contributed by atoms with Crippen molar-refractivity contribution in [2.75, 3.05) is 0 Å². The largest absolute Gasteiger partial charge is 0.326 e. The van der Waals surface area contributed by atoms with Crippen LogP contribution in [0.3, 0.4) is 0 Å². The van der Waals surface area contributed by atoms with Gasteiger partial charge in [0, 0.05) is 18.4 Å². The van der Waals surface area contributed by atoms with Gasteiger partial charge in [-0.25, -0.2) is 0 Å². The maximum atomic E-state index is 6.21. The predicted octanol–water partition coefficient (Wildman–Crippen LogP) is 2.60. The summed E-state index contributed by atoms with van der Waals surface area (Å²) in [5.74, 6) is 0.751. The molecule has 1 aromatic rings. The smallest absolute Gasteiger partial charge is 0.0672 e. The molecule has 3 atom stereocenters. The van der Waals surface area contributed by atoms with Gasteiger partial charge in [0.25, 0.3) is 0 Å². The van der Waals surface area contributed by atoms with Gasteiger partial charge in [0.15, 0.2) is 0 Å². The van der Waals surface area contributed by atoms with Gasteiger partial charge in [0.05, 0.1) is 6.04 Å². The highest BCUT2D eigenvalue weighted by Crippen LogP contribution is 2.41. The number of hydrogen-bond donors (Lipinski definition) is 1. The van der Waals surface area contributed by atoms with E-state index in [1.165, 1.54) is 6.42 Å². The van der Waals surface area contributed by atoms with E-state index in [1.54, 1.807) is 0 Å². The lowest BCUT2D eigenvalue weighted by molar-refractivity contribution is 0.124. The number of rotatable bonds is 1. The Bertz CT molecular complexity index is 323. The molecule has 3 nitrogen and oxygen atoms in total. The molecule has 1 aliphatic carbocycles. The molecular weight excluding hydrogens is 198 g/mol. The Labute approximate surface area is 98.0 Å². The van der Waals surface area contributed by atoms with Crippen LogP contribution >= 0.6 is 0 Å². The molecule has 0 saturated heterocycles. The number of nitrogens with two attached hydrogens (primary N) is 1. The van der Waals surface area contributed by atoms with E-state index in [2.05, 4.69) is 25.9 Å². The molecule has 0 amide bonds. The fraction of sp³-hybridized carbons (Fsp3) is 0.769. The molecule has 1 aromatic heterocycles. The predicted molar refractivity (Wildman–Crippen MR) is 66.0 cm³/mol. The lowest BCUT2D eigenvalue weighted by atomic mass is 9.70. The molecule has 3 heteroatoms.